The zero-order chi connectivity index (χ0) is 22.8. The largest absolute Gasteiger partial charge is 0.507 e. The first-order valence-electron chi connectivity index (χ1n) is 9.82. The number of ketones is 1. The average molecular weight is 474 g/mol. The van der Waals surface area contributed by atoms with E-state index in [0.29, 0.717) is 23.6 Å². The third-order valence-electron chi connectivity index (χ3n) is 5.29. The molecule has 1 aromatic heterocycles. The number of aliphatic hydroxyl groups excluding tert-OH is 1. The van der Waals surface area contributed by atoms with Crippen LogP contribution >= 0.6 is 23.2 Å². The zero-order valence-corrected chi connectivity index (χ0v) is 18.2. The van der Waals surface area contributed by atoms with Gasteiger partial charge in [0, 0.05) is 41.1 Å². The number of aryl methyl sites for hydroxylation is 1. The number of hydrogen-bond donors (Lipinski definition) is 1. The topological polar surface area (TPSA) is 75.4 Å². The molecule has 0 saturated carbocycles. The van der Waals surface area contributed by atoms with Gasteiger partial charge < -0.3 is 14.6 Å². The van der Waals surface area contributed by atoms with Gasteiger partial charge in [-0.1, -0.05) is 29.3 Å². The molecule has 4 rings (SSSR count). The van der Waals surface area contributed by atoms with Crippen molar-refractivity contribution in [3.63, 3.8) is 0 Å². The second-order valence-corrected chi connectivity index (χ2v) is 8.16. The van der Waals surface area contributed by atoms with Gasteiger partial charge in [0.1, 0.15) is 11.6 Å². The van der Waals surface area contributed by atoms with Gasteiger partial charge in [-0.15, -0.1) is 0 Å². The minimum Gasteiger partial charge on any atom is -0.507 e. The molecule has 0 spiro atoms. The smallest absolute Gasteiger partial charge is 0.295 e. The molecule has 0 unspecified atom stereocenters. The molecule has 0 radical (unpaired) electrons. The van der Waals surface area contributed by atoms with Crippen LogP contribution < -0.4 is 0 Å². The van der Waals surface area contributed by atoms with Crippen LogP contribution in [0.25, 0.3) is 5.76 Å². The second kappa shape index (κ2) is 9.14. The summed E-state index contributed by atoms with van der Waals surface area (Å²) in [6.07, 6.45) is 5.66. The molecule has 0 bridgehead atoms. The Kier molecular flexibility index (Phi) is 6.30. The van der Waals surface area contributed by atoms with Gasteiger partial charge in [0.05, 0.1) is 17.9 Å². The molecule has 1 atom stereocenters. The number of nitrogens with zero attached hydrogens (tertiary/aromatic N) is 3. The van der Waals surface area contributed by atoms with Crippen molar-refractivity contribution in [3.8, 4) is 0 Å². The van der Waals surface area contributed by atoms with Crippen LogP contribution in [-0.2, 0) is 16.1 Å². The SMILES string of the molecule is O=C1C(=O)N(CCCn2ccnc2)[C@H](c2ccc(Cl)cc2Cl)C1=C(O)c1ccc(F)cc1. The van der Waals surface area contributed by atoms with E-state index in [-0.39, 0.29) is 22.7 Å². The Balaban J connectivity index is 1.76. The van der Waals surface area contributed by atoms with E-state index in [2.05, 4.69) is 4.98 Å². The van der Waals surface area contributed by atoms with Crippen LogP contribution in [0.2, 0.25) is 10.0 Å². The quantitative estimate of drug-likeness (QED) is 0.315. The standard InChI is InChI=1S/C23H18Cl2FN3O3/c24-15-4-7-17(18(25)12-15)20-19(21(30)14-2-5-16(26)6-3-14)22(31)23(32)29(20)10-1-9-28-11-8-27-13-28/h2-8,11-13,20,30H,1,9-10H2/t20-/m1/s1. The van der Waals surface area contributed by atoms with Gasteiger partial charge in [0.15, 0.2) is 0 Å². The lowest BCUT2D eigenvalue weighted by atomic mass is 9.95. The Morgan fingerprint density at radius 2 is 1.84 bits per heavy atom. The van der Waals surface area contributed by atoms with Crippen molar-refractivity contribution >= 4 is 40.7 Å². The summed E-state index contributed by atoms with van der Waals surface area (Å²) in [4.78, 5) is 31.3. The Morgan fingerprint density at radius 1 is 1.09 bits per heavy atom. The number of carbonyl (C=O) groups excluding carboxylic acids is 2. The third kappa shape index (κ3) is 4.26. The predicted octanol–water partition coefficient (Wildman–Crippen LogP) is 4.84. The van der Waals surface area contributed by atoms with Gasteiger partial charge in [-0.3, -0.25) is 9.59 Å². The lowest BCUT2D eigenvalue weighted by Crippen LogP contribution is -2.31. The van der Waals surface area contributed by atoms with Crippen molar-refractivity contribution in [3.05, 3.63) is 93.7 Å². The molecule has 32 heavy (non-hydrogen) atoms. The molecule has 1 saturated heterocycles. The van der Waals surface area contributed by atoms with E-state index in [1.165, 1.54) is 35.2 Å². The molecule has 0 aliphatic carbocycles. The highest BCUT2D eigenvalue weighted by Gasteiger charge is 2.46. The Hall–Kier alpha value is -3.16. The molecule has 164 valence electrons. The van der Waals surface area contributed by atoms with Gasteiger partial charge in [0.2, 0.25) is 0 Å². The van der Waals surface area contributed by atoms with Crippen LogP contribution in [0.1, 0.15) is 23.6 Å². The van der Waals surface area contributed by atoms with Crippen LogP contribution in [0.15, 0.2) is 66.8 Å². The fraction of sp³-hybridized carbons (Fsp3) is 0.174. The minimum absolute atomic E-state index is 0.103. The number of hydrogen-bond acceptors (Lipinski definition) is 4. The molecule has 1 amide bonds. The molecular weight excluding hydrogens is 456 g/mol. The number of imidazole rings is 1. The minimum atomic E-state index is -0.910. The first kappa shape index (κ1) is 22.0. The summed E-state index contributed by atoms with van der Waals surface area (Å²) in [6.45, 7) is 0.828. The number of aromatic nitrogens is 2. The molecule has 6 nitrogen and oxygen atoms in total. The monoisotopic (exact) mass is 473 g/mol. The molecule has 1 aliphatic heterocycles. The first-order chi connectivity index (χ1) is 15.4. The molecule has 1 aliphatic rings. The summed E-state index contributed by atoms with van der Waals surface area (Å²) in [6, 6.07) is 8.86. The summed E-state index contributed by atoms with van der Waals surface area (Å²) < 4.78 is 15.2. The van der Waals surface area contributed by atoms with Crippen molar-refractivity contribution in [1.29, 1.82) is 0 Å². The van der Waals surface area contributed by atoms with Crippen LogP contribution in [0.3, 0.4) is 0 Å². The van der Waals surface area contributed by atoms with Crippen molar-refractivity contribution < 1.29 is 19.1 Å². The summed E-state index contributed by atoms with van der Waals surface area (Å²) >= 11 is 12.5. The second-order valence-electron chi connectivity index (χ2n) is 7.32. The highest BCUT2D eigenvalue weighted by atomic mass is 35.5. The molecule has 2 aromatic carbocycles. The maximum Gasteiger partial charge on any atom is 0.295 e. The highest BCUT2D eigenvalue weighted by molar-refractivity contribution is 6.47. The summed E-state index contributed by atoms with van der Waals surface area (Å²) in [5.41, 5.74) is 0.577. The highest BCUT2D eigenvalue weighted by Crippen LogP contribution is 2.42. The Labute approximate surface area is 193 Å². The zero-order valence-electron chi connectivity index (χ0n) is 16.7. The van der Waals surface area contributed by atoms with Crippen molar-refractivity contribution in [2.24, 2.45) is 0 Å². The summed E-state index contributed by atoms with van der Waals surface area (Å²) in [5.74, 6) is -2.45. The number of amides is 1. The van der Waals surface area contributed by atoms with Gasteiger partial charge in [-0.25, -0.2) is 9.37 Å². The number of aliphatic hydroxyl groups is 1. The number of halogens is 3. The van der Waals surface area contributed by atoms with Crippen LogP contribution in [0.4, 0.5) is 4.39 Å². The van der Waals surface area contributed by atoms with Gasteiger partial charge >= 0.3 is 0 Å². The van der Waals surface area contributed by atoms with Crippen molar-refractivity contribution in [2.75, 3.05) is 6.54 Å². The first-order valence-corrected chi connectivity index (χ1v) is 10.6. The van der Waals surface area contributed by atoms with Crippen LogP contribution in [-0.4, -0.2) is 37.8 Å². The molecule has 2 heterocycles. The van der Waals surface area contributed by atoms with E-state index in [1.54, 1.807) is 30.9 Å². The molecule has 3 aromatic rings. The fourth-order valence-corrected chi connectivity index (χ4v) is 4.27. The molecule has 9 heteroatoms. The van der Waals surface area contributed by atoms with E-state index >= 15 is 0 Å². The predicted molar refractivity (Wildman–Crippen MR) is 119 cm³/mol. The van der Waals surface area contributed by atoms with E-state index in [1.807, 2.05) is 4.57 Å². The van der Waals surface area contributed by atoms with Gasteiger partial charge in [-0.2, -0.15) is 0 Å². The molecule has 1 N–H and O–H groups in total. The normalized spacial score (nSPS) is 17.8. The number of Topliss-reactive ketones (excluding diaryl/α,β-unsaturated/α-hetero) is 1. The molecular formula is C23H18Cl2FN3O3. The third-order valence-corrected chi connectivity index (χ3v) is 5.85. The van der Waals surface area contributed by atoms with Crippen molar-refractivity contribution in [2.45, 2.75) is 19.0 Å². The molecule has 1 fully saturated rings. The van der Waals surface area contributed by atoms with E-state index in [4.69, 9.17) is 23.2 Å². The van der Waals surface area contributed by atoms with E-state index in [9.17, 15) is 19.1 Å². The van der Waals surface area contributed by atoms with Gasteiger partial charge in [0.25, 0.3) is 11.7 Å². The van der Waals surface area contributed by atoms with E-state index < -0.39 is 29.3 Å². The van der Waals surface area contributed by atoms with Crippen molar-refractivity contribution in [1.82, 2.24) is 14.5 Å². The number of likely N-dealkylation sites (tertiary alicyclic amines) is 1. The number of carbonyl (C=O) groups is 2. The average Bonchev–Trinajstić information content (AvgIpc) is 3.36. The fourth-order valence-electron chi connectivity index (χ4n) is 3.76. The lowest BCUT2D eigenvalue weighted by molar-refractivity contribution is -0.139. The Morgan fingerprint density at radius 3 is 2.50 bits per heavy atom. The summed E-state index contributed by atoms with van der Waals surface area (Å²) in [5, 5.41) is 11.6. The van der Waals surface area contributed by atoms with Crippen LogP contribution in [0, 0.1) is 5.82 Å². The van der Waals surface area contributed by atoms with Gasteiger partial charge in [-0.05, 0) is 48.4 Å². The lowest BCUT2D eigenvalue weighted by Gasteiger charge is -2.26. The number of rotatable bonds is 6. The maximum absolute atomic E-state index is 13.4. The van der Waals surface area contributed by atoms with E-state index in [0.717, 1.165) is 0 Å². The summed E-state index contributed by atoms with van der Waals surface area (Å²) in [7, 11) is 0. The number of benzene rings is 2. The maximum atomic E-state index is 13.4. The Bertz CT molecular complexity index is 1190. The van der Waals surface area contributed by atoms with Crippen LogP contribution in [0.5, 0.6) is 0 Å².